The number of ether oxygens (including phenoxy) is 3. The molecule has 0 aromatic heterocycles. The Morgan fingerprint density at radius 3 is 2.62 bits per heavy atom. The molecule has 7 nitrogen and oxygen atoms in total. The second kappa shape index (κ2) is 8.53. The lowest BCUT2D eigenvalue weighted by molar-refractivity contribution is -0.910. The van der Waals surface area contributed by atoms with Crippen LogP contribution in [0, 0.1) is 0 Å². The molecule has 2 N–H and O–H groups in total. The largest absolute Gasteiger partial charge is 0.486 e. The lowest BCUT2D eigenvalue weighted by Gasteiger charge is -2.24. The normalized spacial score (nSPS) is 20.2. The Labute approximate surface area is 169 Å². The van der Waals surface area contributed by atoms with Gasteiger partial charge in [-0.15, -0.1) is 0 Å². The van der Waals surface area contributed by atoms with Crippen molar-refractivity contribution in [2.45, 2.75) is 18.9 Å². The van der Waals surface area contributed by atoms with Crippen LogP contribution in [-0.2, 0) is 9.53 Å². The summed E-state index contributed by atoms with van der Waals surface area (Å²) in [6.07, 6.45) is 2.12. The molecule has 7 heteroatoms. The van der Waals surface area contributed by atoms with E-state index in [1.807, 2.05) is 12.1 Å². The average molecular weight is 397 g/mol. The number of benzene rings is 2. The van der Waals surface area contributed by atoms with Crippen LogP contribution in [0.2, 0.25) is 0 Å². The molecular weight excluding hydrogens is 372 g/mol. The maximum atomic E-state index is 12.6. The third-order valence-corrected chi connectivity index (χ3v) is 5.43. The van der Waals surface area contributed by atoms with Gasteiger partial charge in [-0.3, -0.25) is 4.79 Å². The molecule has 4 rings (SSSR count). The van der Waals surface area contributed by atoms with Crippen molar-refractivity contribution in [3.8, 4) is 11.5 Å². The zero-order valence-electron chi connectivity index (χ0n) is 16.4. The van der Waals surface area contributed by atoms with Crippen molar-refractivity contribution in [1.82, 2.24) is 0 Å². The first kappa shape index (κ1) is 19.3. The number of amides is 1. The number of nitrogens with one attached hydrogen (secondary N) is 2. The van der Waals surface area contributed by atoms with E-state index in [-0.39, 0.29) is 11.9 Å². The van der Waals surface area contributed by atoms with Crippen LogP contribution in [0.1, 0.15) is 34.8 Å². The number of quaternary nitrogens is 1. The van der Waals surface area contributed by atoms with Gasteiger partial charge in [-0.1, -0.05) is 0 Å². The molecule has 1 saturated heterocycles. The number of esters is 1. The highest BCUT2D eigenvalue weighted by Gasteiger charge is 2.32. The van der Waals surface area contributed by atoms with Gasteiger partial charge in [-0.25, -0.2) is 4.79 Å². The lowest BCUT2D eigenvalue weighted by atomic mass is 10.0. The maximum Gasteiger partial charge on any atom is 0.337 e. The smallest absolute Gasteiger partial charge is 0.337 e. The molecule has 2 atom stereocenters. The van der Waals surface area contributed by atoms with Crippen LogP contribution < -0.4 is 19.7 Å². The van der Waals surface area contributed by atoms with Gasteiger partial charge in [0.15, 0.2) is 18.0 Å². The van der Waals surface area contributed by atoms with Gasteiger partial charge in [0.25, 0.3) is 5.91 Å². The van der Waals surface area contributed by atoms with Gasteiger partial charge in [-0.05, 0) is 42.5 Å². The van der Waals surface area contributed by atoms with E-state index >= 15 is 0 Å². The van der Waals surface area contributed by atoms with Gasteiger partial charge in [0.05, 0.1) is 19.2 Å². The Morgan fingerprint density at radius 2 is 1.86 bits per heavy atom. The van der Waals surface area contributed by atoms with Crippen molar-refractivity contribution in [2.75, 3.05) is 38.7 Å². The van der Waals surface area contributed by atoms with Gasteiger partial charge in [-0.2, -0.15) is 0 Å². The van der Waals surface area contributed by atoms with Crippen LogP contribution in [0.25, 0.3) is 0 Å². The summed E-state index contributed by atoms with van der Waals surface area (Å²) < 4.78 is 16.0. The van der Waals surface area contributed by atoms with Crippen LogP contribution in [0.15, 0.2) is 42.5 Å². The van der Waals surface area contributed by atoms with Crippen molar-refractivity contribution < 1.29 is 28.7 Å². The van der Waals surface area contributed by atoms with E-state index in [2.05, 4.69) is 16.1 Å². The Bertz CT molecular complexity index is 897. The molecule has 0 bridgehead atoms. The zero-order chi connectivity index (χ0) is 20.2. The molecule has 0 radical (unpaired) electrons. The molecule has 152 valence electrons. The first-order chi connectivity index (χ1) is 14.1. The first-order valence-electron chi connectivity index (χ1n) is 9.86. The van der Waals surface area contributed by atoms with E-state index in [0.717, 1.165) is 30.9 Å². The molecule has 0 saturated carbocycles. The van der Waals surface area contributed by atoms with Crippen molar-refractivity contribution in [1.29, 1.82) is 0 Å². The summed E-state index contributed by atoms with van der Waals surface area (Å²) in [7, 11) is 1.34. The molecule has 0 spiro atoms. The molecule has 1 fully saturated rings. The Balaban J connectivity index is 1.39. The van der Waals surface area contributed by atoms with Crippen LogP contribution in [0.3, 0.4) is 0 Å². The molecule has 2 heterocycles. The summed E-state index contributed by atoms with van der Waals surface area (Å²) in [5.74, 6) is 1.13. The molecule has 1 unspecified atom stereocenters. The predicted molar refractivity (Wildman–Crippen MR) is 107 cm³/mol. The van der Waals surface area contributed by atoms with Crippen molar-refractivity contribution in [2.24, 2.45) is 0 Å². The third-order valence-electron chi connectivity index (χ3n) is 5.43. The highest BCUT2D eigenvalue weighted by molar-refractivity contribution is 5.93. The van der Waals surface area contributed by atoms with E-state index in [4.69, 9.17) is 9.47 Å². The summed E-state index contributed by atoms with van der Waals surface area (Å²) in [6.45, 7) is 2.48. The van der Waals surface area contributed by atoms with Crippen molar-refractivity contribution in [3.63, 3.8) is 0 Å². The number of likely N-dealkylation sites (tertiary alicyclic amines) is 1. The standard InChI is InChI=1S/C22H24N2O5/c1-27-22(26)15-4-7-17(8-5-15)23-21(25)14-24-10-2-3-18(24)16-6-9-19-20(13-16)29-12-11-28-19/h4-9,13,18H,2-3,10-12,14H2,1H3,(H,23,25)/p+1/t18-/m1/s1. The number of carbonyl (C=O) groups is 2. The SMILES string of the molecule is COC(=O)c1ccc(NC(=O)C[NH+]2CCC[C@@H]2c2ccc3c(c2)OCCO3)cc1. The zero-order valence-corrected chi connectivity index (χ0v) is 16.4. The van der Waals surface area contributed by atoms with Gasteiger partial charge in [0.1, 0.15) is 19.3 Å². The summed E-state index contributed by atoms with van der Waals surface area (Å²) in [5.41, 5.74) is 2.29. The molecule has 2 aromatic rings. The molecule has 29 heavy (non-hydrogen) atoms. The number of hydrogen-bond acceptors (Lipinski definition) is 5. The second-order valence-electron chi connectivity index (χ2n) is 7.30. The summed E-state index contributed by atoms with van der Waals surface area (Å²) in [5, 5.41) is 2.92. The molecule has 2 aromatic carbocycles. The number of anilines is 1. The van der Waals surface area contributed by atoms with Crippen molar-refractivity contribution in [3.05, 3.63) is 53.6 Å². The van der Waals surface area contributed by atoms with Crippen LogP contribution in [-0.4, -0.2) is 45.3 Å². The Kier molecular flexibility index (Phi) is 5.67. The molecule has 2 aliphatic rings. The summed E-state index contributed by atoms with van der Waals surface area (Å²) >= 11 is 0. The number of fused-ring (bicyclic) bond motifs is 1. The summed E-state index contributed by atoms with van der Waals surface area (Å²) in [6, 6.07) is 13.1. The highest BCUT2D eigenvalue weighted by Crippen LogP contribution is 2.33. The number of rotatable bonds is 5. The van der Waals surface area contributed by atoms with E-state index in [1.165, 1.54) is 17.6 Å². The minimum atomic E-state index is -0.397. The molecule has 1 amide bonds. The number of methoxy groups -OCH3 is 1. The lowest BCUT2D eigenvalue weighted by Crippen LogP contribution is -3.11. The molecule has 0 aliphatic carbocycles. The number of carbonyl (C=O) groups excluding carboxylic acids is 2. The fraction of sp³-hybridized carbons (Fsp3) is 0.364. The Hall–Kier alpha value is -3.06. The van der Waals surface area contributed by atoms with Gasteiger partial charge >= 0.3 is 5.97 Å². The fourth-order valence-electron chi connectivity index (χ4n) is 4.02. The first-order valence-corrected chi connectivity index (χ1v) is 9.86. The van der Waals surface area contributed by atoms with E-state index in [1.54, 1.807) is 24.3 Å². The predicted octanol–water partition coefficient (Wildman–Crippen LogP) is 1.60. The van der Waals surface area contributed by atoms with E-state index in [9.17, 15) is 9.59 Å². The Morgan fingerprint density at radius 1 is 1.10 bits per heavy atom. The van der Waals surface area contributed by atoms with Gasteiger partial charge < -0.3 is 24.4 Å². The van der Waals surface area contributed by atoms with E-state index in [0.29, 0.717) is 31.0 Å². The van der Waals surface area contributed by atoms with E-state index < -0.39 is 5.97 Å². The molecule has 2 aliphatic heterocycles. The second-order valence-corrected chi connectivity index (χ2v) is 7.30. The number of hydrogen-bond donors (Lipinski definition) is 2. The highest BCUT2D eigenvalue weighted by atomic mass is 16.6. The van der Waals surface area contributed by atoms with Gasteiger partial charge in [0, 0.05) is 24.1 Å². The van der Waals surface area contributed by atoms with Crippen molar-refractivity contribution >= 4 is 17.6 Å². The minimum Gasteiger partial charge on any atom is -0.486 e. The average Bonchev–Trinajstić information content (AvgIpc) is 3.21. The van der Waals surface area contributed by atoms with Crippen LogP contribution >= 0.6 is 0 Å². The molecular formula is C22H25N2O5+. The monoisotopic (exact) mass is 397 g/mol. The third kappa shape index (κ3) is 4.35. The van der Waals surface area contributed by atoms with Gasteiger partial charge in [0.2, 0.25) is 0 Å². The fourth-order valence-corrected chi connectivity index (χ4v) is 4.02. The quantitative estimate of drug-likeness (QED) is 0.750. The topological polar surface area (TPSA) is 78.3 Å². The van der Waals surface area contributed by atoms with Crippen LogP contribution in [0.5, 0.6) is 11.5 Å². The minimum absolute atomic E-state index is 0.0461. The van der Waals surface area contributed by atoms with Crippen LogP contribution in [0.4, 0.5) is 5.69 Å². The maximum absolute atomic E-state index is 12.6. The summed E-state index contributed by atoms with van der Waals surface area (Å²) in [4.78, 5) is 25.3.